The molecule has 2 N–H and O–H groups in total. The van der Waals surface area contributed by atoms with Crippen LogP contribution in [-0.4, -0.2) is 34.0 Å². The van der Waals surface area contributed by atoms with Crippen LogP contribution in [0.2, 0.25) is 0 Å². The monoisotopic (exact) mass is 479 g/mol. The molecule has 0 aliphatic carbocycles. The number of sulfonamides is 1. The topological polar surface area (TPSA) is 105 Å². The minimum absolute atomic E-state index is 0.0182. The maximum Gasteiger partial charge on any atom is 0.322 e. The number of nitrogens with one attached hydrogen (secondary N) is 2. The zero-order chi connectivity index (χ0) is 24.3. The van der Waals surface area contributed by atoms with Gasteiger partial charge in [0.2, 0.25) is 0 Å². The van der Waals surface area contributed by atoms with E-state index in [0.29, 0.717) is 12.1 Å². The van der Waals surface area contributed by atoms with Gasteiger partial charge in [0.1, 0.15) is 11.3 Å². The van der Waals surface area contributed by atoms with Crippen molar-refractivity contribution < 1.29 is 22.7 Å². The molecule has 9 heteroatoms. The molecule has 1 atom stereocenters. The number of hydrogen-bond acceptors (Lipinski definition) is 5. The molecule has 1 saturated heterocycles. The molecule has 0 spiro atoms. The Morgan fingerprint density at radius 3 is 2.18 bits per heavy atom. The molecule has 1 aliphatic heterocycles. The summed E-state index contributed by atoms with van der Waals surface area (Å²) >= 11 is 0. The second kappa shape index (κ2) is 9.18. The van der Waals surface area contributed by atoms with Gasteiger partial charge in [0.25, 0.3) is 15.9 Å². The van der Waals surface area contributed by atoms with Gasteiger partial charge in [0, 0.05) is 12.1 Å². The average molecular weight is 480 g/mol. The third kappa shape index (κ3) is 4.34. The lowest BCUT2D eigenvalue weighted by Gasteiger charge is -2.27. The third-order valence-corrected chi connectivity index (χ3v) is 7.66. The molecule has 1 fully saturated rings. The number of benzene rings is 3. The number of rotatable bonds is 8. The third-order valence-electron chi connectivity index (χ3n) is 5.83. The first-order valence-electron chi connectivity index (χ1n) is 10.7. The smallest absolute Gasteiger partial charge is 0.322 e. The normalized spacial score (nSPS) is 17.7. The number of hydrogen-bond donors (Lipinski definition) is 2. The zero-order valence-corrected chi connectivity index (χ0v) is 19.6. The van der Waals surface area contributed by atoms with Crippen molar-refractivity contribution in [1.29, 1.82) is 0 Å². The van der Waals surface area contributed by atoms with E-state index in [1.54, 1.807) is 24.3 Å². The van der Waals surface area contributed by atoms with Crippen molar-refractivity contribution in [3.8, 4) is 5.75 Å². The summed E-state index contributed by atoms with van der Waals surface area (Å²) in [4.78, 5) is 24.3. The first-order chi connectivity index (χ1) is 16.3. The molecule has 3 aromatic carbocycles. The van der Waals surface area contributed by atoms with Crippen molar-refractivity contribution in [3.05, 3.63) is 90.0 Å². The summed E-state index contributed by atoms with van der Waals surface area (Å²) in [7, 11) is -2.61. The number of amides is 3. The van der Waals surface area contributed by atoms with Gasteiger partial charge in [-0.25, -0.2) is 13.2 Å². The van der Waals surface area contributed by atoms with Gasteiger partial charge in [-0.05, 0) is 49.2 Å². The highest BCUT2D eigenvalue weighted by molar-refractivity contribution is 7.92. The summed E-state index contributed by atoms with van der Waals surface area (Å²) in [6.07, 6.45) is 0.508. The molecule has 1 aliphatic rings. The van der Waals surface area contributed by atoms with Gasteiger partial charge >= 0.3 is 6.03 Å². The molecule has 1 heterocycles. The summed E-state index contributed by atoms with van der Waals surface area (Å²) in [6, 6.07) is 22.1. The number of urea groups is 1. The number of imide groups is 1. The molecular weight excluding hydrogens is 454 g/mol. The van der Waals surface area contributed by atoms with Gasteiger partial charge in [-0.2, -0.15) is 0 Å². The van der Waals surface area contributed by atoms with Crippen LogP contribution in [0.5, 0.6) is 5.75 Å². The van der Waals surface area contributed by atoms with E-state index in [1.165, 1.54) is 36.5 Å². The zero-order valence-electron chi connectivity index (χ0n) is 18.8. The van der Waals surface area contributed by atoms with E-state index < -0.39 is 27.5 Å². The van der Waals surface area contributed by atoms with Crippen LogP contribution in [0, 0.1) is 0 Å². The molecule has 0 saturated carbocycles. The van der Waals surface area contributed by atoms with Crippen LogP contribution < -0.4 is 19.7 Å². The Morgan fingerprint density at radius 2 is 1.59 bits per heavy atom. The van der Waals surface area contributed by atoms with Crippen LogP contribution in [0.3, 0.4) is 0 Å². The largest absolute Gasteiger partial charge is 0.496 e. The van der Waals surface area contributed by atoms with Gasteiger partial charge in [-0.3, -0.25) is 14.4 Å². The van der Waals surface area contributed by atoms with Crippen molar-refractivity contribution >= 4 is 27.6 Å². The maximum absolute atomic E-state index is 13.9. The molecule has 1 unspecified atom stereocenters. The second-order valence-corrected chi connectivity index (χ2v) is 9.91. The van der Waals surface area contributed by atoms with Crippen LogP contribution >= 0.6 is 0 Å². The van der Waals surface area contributed by atoms with Gasteiger partial charge in [0.15, 0.2) is 0 Å². The minimum atomic E-state index is -4.03. The molecule has 4 rings (SSSR count). The molecular formula is C25H25N3O5S. The van der Waals surface area contributed by atoms with Crippen LogP contribution in [0.4, 0.5) is 10.5 Å². The highest BCUT2D eigenvalue weighted by Gasteiger charge is 2.46. The van der Waals surface area contributed by atoms with Crippen LogP contribution in [0.1, 0.15) is 18.1 Å². The number of ether oxygens (including phenoxy) is 1. The Labute approximate surface area is 198 Å². The summed E-state index contributed by atoms with van der Waals surface area (Å²) in [5.41, 5.74) is 0.298. The summed E-state index contributed by atoms with van der Waals surface area (Å²) in [6.45, 7) is 1.72. The quantitative estimate of drug-likeness (QED) is 0.483. The van der Waals surface area contributed by atoms with Crippen molar-refractivity contribution in [2.24, 2.45) is 0 Å². The van der Waals surface area contributed by atoms with E-state index >= 15 is 0 Å². The molecule has 8 nitrogen and oxygen atoms in total. The van der Waals surface area contributed by atoms with E-state index in [9.17, 15) is 18.0 Å². The summed E-state index contributed by atoms with van der Waals surface area (Å²) in [5.74, 6) is -0.302. The predicted octanol–water partition coefficient (Wildman–Crippen LogP) is 3.19. The average Bonchev–Trinajstić information content (AvgIpc) is 3.11. The van der Waals surface area contributed by atoms with Crippen LogP contribution in [0.25, 0.3) is 0 Å². The standard InChI is InChI=1S/C25H25N3O5S/c1-25(23(29)26-24(30)27-25)21-17-20(13-14-22(21)33-2)34(31,32)28(19-11-7-4-8-12-19)16-15-18-9-5-3-6-10-18/h3-14,17H,15-16H2,1-2H3,(H2,26,27,29,30). The molecule has 3 aromatic rings. The number of anilines is 1. The Morgan fingerprint density at radius 1 is 0.941 bits per heavy atom. The lowest BCUT2D eigenvalue weighted by atomic mass is 9.91. The SMILES string of the molecule is COc1ccc(S(=O)(=O)N(CCc2ccccc2)c2ccccc2)cc1C1(C)NC(=O)NC1=O. The lowest BCUT2D eigenvalue weighted by Crippen LogP contribution is -2.41. The summed E-state index contributed by atoms with van der Waals surface area (Å²) < 4.78 is 34.5. The van der Waals surface area contributed by atoms with E-state index in [-0.39, 0.29) is 22.8 Å². The lowest BCUT2D eigenvalue weighted by molar-refractivity contribution is -0.123. The highest BCUT2D eigenvalue weighted by Crippen LogP contribution is 2.35. The number of para-hydroxylation sites is 1. The highest BCUT2D eigenvalue weighted by atomic mass is 32.2. The van der Waals surface area contributed by atoms with Gasteiger partial charge in [-0.15, -0.1) is 0 Å². The Balaban J connectivity index is 1.77. The Hall–Kier alpha value is -3.85. The molecule has 0 bridgehead atoms. The van der Waals surface area contributed by atoms with Gasteiger partial charge in [0.05, 0.1) is 17.7 Å². The number of carbonyl (C=O) groups is 2. The van der Waals surface area contributed by atoms with Crippen molar-refractivity contribution in [1.82, 2.24) is 10.6 Å². The summed E-state index contributed by atoms with van der Waals surface area (Å²) in [5, 5.41) is 4.77. The van der Waals surface area contributed by atoms with Crippen molar-refractivity contribution in [2.75, 3.05) is 18.0 Å². The molecule has 34 heavy (non-hydrogen) atoms. The fourth-order valence-electron chi connectivity index (χ4n) is 3.96. The number of methoxy groups -OCH3 is 1. The van der Waals surface area contributed by atoms with E-state index in [4.69, 9.17) is 4.74 Å². The Bertz CT molecular complexity index is 1310. The molecule has 176 valence electrons. The molecule has 3 amide bonds. The predicted molar refractivity (Wildman–Crippen MR) is 128 cm³/mol. The van der Waals surface area contributed by atoms with Crippen molar-refractivity contribution in [2.45, 2.75) is 23.8 Å². The molecule has 0 aromatic heterocycles. The first kappa shape index (κ1) is 23.3. The second-order valence-electron chi connectivity index (χ2n) is 8.04. The Kier molecular flexibility index (Phi) is 6.30. The van der Waals surface area contributed by atoms with E-state index in [1.807, 2.05) is 36.4 Å². The maximum atomic E-state index is 13.9. The molecule has 0 radical (unpaired) electrons. The van der Waals surface area contributed by atoms with Crippen LogP contribution in [0.15, 0.2) is 83.8 Å². The number of nitrogens with zero attached hydrogens (tertiary/aromatic N) is 1. The fourth-order valence-corrected chi connectivity index (χ4v) is 5.45. The fraction of sp³-hybridized carbons (Fsp3) is 0.200. The van der Waals surface area contributed by atoms with Crippen molar-refractivity contribution in [3.63, 3.8) is 0 Å². The van der Waals surface area contributed by atoms with E-state index in [0.717, 1.165) is 5.56 Å². The minimum Gasteiger partial charge on any atom is -0.496 e. The van der Waals surface area contributed by atoms with E-state index in [2.05, 4.69) is 10.6 Å². The number of carbonyl (C=O) groups excluding carboxylic acids is 2. The first-order valence-corrected chi connectivity index (χ1v) is 12.1. The van der Waals surface area contributed by atoms with Gasteiger partial charge in [-0.1, -0.05) is 48.5 Å². The van der Waals surface area contributed by atoms with Crippen LogP contribution in [-0.2, 0) is 26.8 Å². The van der Waals surface area contributed by atoms with Gasteiger partial charge < -0.3 is 10.1 Å².